The summed E-state index contributed by atoms with van der Waals surface area (Å²) in [5, 5.41) is 9.65. The molecule has 2 aromatic carbocycles. The summed E-state index contributed by atoms with van der Waals surface area (Å²) in [6.07, 6.45) is 8.07. The van der Waals surface area contributed by atoms with Crippen LogP contribution in [0.25, 0.3) is 6.08 Å². The standard InChI is InChI=1S/C23H26O5/c1-3-27-23-14-16(9-13-21(23)28-18-6-4-5-7-18)8-11-19(24)17-10-12-20(25)22(15-17)26-2/h8-15,18,25H,3-7H2,1-2H3/b11-8+. The average molecular weight is 382 g/mol. The van der Waals surface area contributed by atoms with Crippen molar-refractivity contribution in [1.29, 1.82) is 0 Å². The molecule has 28 heavy (non-hydrogen) atoms. The van der Waals surface area contributed by atoms with Gasteiger partial charge in [0.2, 0.25) is 0 Å². The number of phenols is 1. The number of allylic oxidation sites excluding steroid dienone is 1. The van der Waals surface area contributed by atoms with Crippen molar-refractivity contribution in [3.05, 3.63) is 53.6 Å². The lowest BCUT2D eigenvalue weighted by atomic mass is 10.1. The first-order valence-corrected chi connectivity index (χ1v) is 9.63. The number of benzene rings is 2. The highest BCUT2D eigenvalue weighted by atomic mass is 16.5. The lowest BCUT2D eigenvalue weighted by Crippen LogP contribution is -2.11. The van der Waals surface area contributed by atoms with Crippen LogP contribution in [0.2, 0.25) is 0 Å². The molecule has 0 aliphatic heterocycles. The van der Waals surface area contributed by atoms with Gasteiger partial charge in [0.25, 0.3) is 0 Å². The van der Waals surface area contributed by atoms with Crippen molar-refractivity contribution in [2.24, 2.45) is 0 Å². The summed E-state index contributed by atoms with van der Waals surface area (Å²) in [4.78, 5) is 12.4. The van der Waals surface area contributed by atoms with E-state index in [1.165, 1.54) is 38.2 Å². The van der Waals surface area contributed by atoms with Crippen molar-refractivity contribution in [2.75, 3.05) is 13.7 Å². The highest BCUT2D eigenvalue weighted by molar-refractivity contribution is 6.07. The largest absolute Gasteiger partial charge is 0.504 e. The van der Waals surface area contributed by atoms with Crippen LogP contribution in [0.4, 0.5) is 0 Å². The van der Waals surface area contributed by atoms with E-state index in [2.05, 4.69) is 0 Å². The summed E-state index contributed by atoms with van der Waals surface area (Å²) in [5.74, 6) is 1.53. The minimum Gasteiger partial charge on any atom is -0.504 e. The molecule has 1 fully saturated rings. The van der Waals surface area contributed by atoms with Crippen molar-refractivity contribution in [2.45, 2.75) is 38.7 Å². The topological polar surface area (TPSA) is 65.0 Å². The summed E-state index contributed by atoms with van der Waals surface area (Å²) in [6, 6.07) is 10.2. The minimum atomic E-state index is -0.178. The predicted octanol–water partition coefficient (Wildman–Crippen LogP) is 5.02. The molecule has 0 bridgehead atoms. The van der Waals surface area contributed by atoms with Gasteiger partial charge >= 0.3 is 0 Å². The van der Waals surface area contributed by atoms with E-state index in [4.69, 9.17) is 14.2 Å². The molecule has 1 aliphatic rings. The highest BCUT2D eigenvalue weighted by Crippen LogP contribution is 2.33. The Morgan fingerprint density at radius 2 is 1.89 bits per heavy atom. The molecule has 0 amide bonds. The van der Waals surface area contributed by atoms with Crippen LogP contribution >= 0.6 is 0 Å². The number of phenolic OH excluding ortho intramolecular Hbond substituents is 1. The third kappa shape index (κ3) is 4.85. The number of rotatable bonds is 8. The van der Waals surface area contributed by atoms with Crippen LogP contribution in [0.1, 0.15) is 48.5 Å². The Morgan fingerprint density at radius 3 is 2.61 bits per heavy atom. The van der Waals surface area contributed by atoms with Gasteiger partial charge in [0.1, 0.15) is 0 Å². The van der Waals surface area contributed by atoms with Gasteiger partial charge < -0.3 is 19.3 Å². The smallest absolute Gasteiger partial charge is 0.185 e. The molecule has 5 nitrogen and oxygen atoms in total. The minimum absolute atomic E-state index is 0.00207. The first-order valence-electron chi connectivity index (χ1n) is 9.63. The molecule has 5 heteroatoms. The molecule has 0 aromatic heterocycles. The van der Waals surface area contributed by atoms with Gasteiger partial charge in [-0.2, -0.15) is 0 Å². The second-order valence-corrected chi connectivity index (χ2v) is 6.75. The van der Waals surface area contributed by atoms with Gasteiger partial charge in [0.15, 0.2) is 28.8 Å². The quantitative estimate of drug-likeness (QED) is 0.513. The van der Waals surface area contributed by atoms with Crippen LogP contribution in [0, 0.1) is 0 Å². The van der Waals surface area contributed by atoms with Gasteiger partial charge in [-0.3, -0.25) is 4.79 Å². The van der Waals surface area contributed by atoms with E-state index in [1.807, 2.05) is 25.1 Å². The maximum atomic E-state index is 12.4. The average Bonchev–Trinajstić information content (AvgIpc) is 3.21. The van der Waals surface area contributed by atoms with E-state index in [0.29, 0.717) is 17.9 Å². The zero-order valence-corrected chi connectivity index (χ0v) is 16.3. The van der Waals surface area contributed by atoms with Gasteiger partial charge in [0.05, 0.1) is 19.8 Å². The summed E-state index contributed by atoms with van der Waals surface area (Å²) in [5.41, 5.74) is 1.29. The fourth-order valence-corrected chi connectivity index (χ4v) is 3.28. The van der Waals surface area contributed by atoms with Gasteiger partial charge in [-0.15, -0.1) is 0 Å². The van der Waals surface area contributed by atoms with Crippen molar-refractivity contribution < 1.29 is 24.1 Å². The molecule has 1 N–H and O–H groups in total. The third-order valence-corrected chi connectivity index (χ3v) is 4.75. The molecule has 3 rings (SSSR count). The van der Waals surface area contributed by atoms with Crippen molar-refractivity contribution >= 4 is 11.9 Å². The SMILES string of the molecule is CCOc1cc(/C=C/C(=O)c2ccc(O)c(OC)c2)ccc1OC1CCCC1. The number of aromatic hydroxyl groups is 1. The van der Waals surface area contributed by atoms with Gasteiger partial charge in [-0.05, 0) is 74.6 Å². The Balaban J connectivity index is 1.75. The molecule has 0 radical (unpaired) electrons. The van der Waals surface area contributed by atoms with Crippen LogP contribution in [-0.4, -0.2) is 30.7 Å². The Labute approximate surface area is 165 Å². The number of ether oxygens (including phenoxy) is 3. The molecule has 2 aromatic rings. The fourth-order valence-electron chi connectivity index (χ4n) is 3.28. The number of ketones is 1. The van der Waals surface area contributed by atoms with Crippen molar-refractivity contribution in [3.8, 4) is 23.0 Å². The molecule has 1 saturated carbocycles. The molecule has 1 aliphatic carbocycles. The zero-order valence-electron chi connectivity index (χ0n) is 16.3. The normalized spacial score (nSPS) is 14.4. The Kier molecular flexibility index (Phi) is 6.58. The Bertz CT molecular complexity index is 850. The van der Waals surface area contributed by atoms with E-state index in [1.54, 1.807) is 12.1 Å². The second kappa shape index (κ2) is 9.31. The van der Waals surface area contributed by atoms with Crippen LogP contribution in [0.5, 0.6) is 23.0 Å². The van der Waals surface area contributed by atoms with E-state index >= 15 is 0 Å². The Morgan fingerprint density at radius 1 is 1.11 bits per heavy atom. The van der Waals surface area contributed by atoms with Gasteiger partial charge in [0, 0.05) is 5.56 Å². The van der Waals surface area contributed by atoms with E-state index in [0.717, 1.165) is 24.2 Å². The molecule has 0 atom stereocenters. The number of methoxy groups -OCH3 is 1. The molecule has 0 spiro atoms. The molecule has 148 valence electrons. The van der Waals surface area contributed by atoms with Gasteiger partial charge in [-0.25, -0.2) is 0 Å². The van der Waals surface area contributed by atoms with Crippen LogP contribution in [0.3, 0.4) is 0 Å². The van der Waals surface area contributed by atoms with Gasteiger partial charge in [-0.1, -0.05) is 12.1 Å². The molecular weight excluding hydrogens is 356 g/mol. The maximum absolute atomic E-state index is 12.4. The summed E-state index contributed by atoms with van der Waals surface area (Å²) < 4.78 is 16.9. The lowest BCUT2D eigenvalue weighted by Gasteiger charge is -2.17. The van der Waals surface area contributed by atoms with Crippen molar-refractivity contribution in [3.63, 3.8) is 0 Å². The summed E-state index contributed by atoms with van der Waals surface area (Å²) >= 11 is 0. The number of carbonyl (C=O) groups is 1. The zero-order chi connectivity index (χ0) is 19.9. The second-order valence-electron chi connectivity index (χ2n) is 6.75. The lowest BCUT2D eigenvalue weighted by molar-refractivity contribution is 0.104. The highest BCUT2D eigenvalue weighted by Gasteiger charge is 2.18. The van der Waals surface area contributed by atoms with Crippen LogP contribution in [0.15, 0.2) is 42.5 Å². The number of hydrogen-bond donors (Lipinski definition) is 1. The molecular formula is C23H26O5. The Hall–Kier alpha value is -2.95. The molecule has 0 heterocycles. The maximum Gasteiger partial charge on any atom is 0.185 e. The number of hydrogen-bond acceptors (Lipinski definition) is 5. The van der Waals surface area contributed by atoms with Crippen LogP contribution < -0.4 is 14.2 Å². The van der Waals surface area contributed by atoms with E-state index < -0.39 is 0 Å². The van der Waals surface area contributed by atoms with E-state index in [9.17, 15) is 9.90 Å². The van der Waals surface area contributed by atoms with E-state index in [-0.39, 0.29) is 23.4 Å². The monoisotopic (exact) mass is 382 g/mol. The molecule has 0 saturated heterocycles. The van der Waals surface area contributed by atoms with Crippen LogP contribution in [-0.2, 0) is 0 Å². The van der Waals surface area contributed by atoms with Crippen molar-refractivity contribution in [1.82, 2.24) is 0 Å². The summed E-state index contributed by atoms with van der Waals surface area (Å²) in [6.45, 7) is 2.48. The predicted molar refractivity (Wildman–Crippen MR) is 109 cm³/mol. The molecule has 0 unspecified atom stereocenters. The summed E-state index contributed by atoms with van der Waals surface area (Å²) in [7, 11) is 1.45. The first kappa shape index (κ1) is 19.8. The fraction of sp³-hybridized carbons (Fsp3) is 0.348. The first-order chi connectivity index (χ1) is 13.6. The third-order valence-electron chi connectivity index (χ3n) is 4.75. The number of carbonyl (C=O) groups excluding carboxylic acids is 1.